The largest absolute Gasteiger partial charge is 0.484 e. The number of nitrogens with zero attached hydrogens (tertiary/aromatic N) is 1. The fourth-order valence-corrected chi connectivity index (χ4v) is 1.63. The van der Waals surface area contributed by atoms with Gasteiger partial charge >= 0.3 is 12.4 Å². The minimum Gasteiger partial charge on any atom is -0.484 e. The smallest absolute Gasteiger partial charge is 0.433 e. The Hall–Kier alpha value is -2.19. The van der Waals surface area contributed by atoms with Crippen LogP contribution in [0.4, 0.5) is 32.0 Å². The summed E-state index contributed by atoms with van der Waals surface area (Å²) in [6, 6.07) is 3.95. The number of nitrogens with two attached hydrogens (primary N) is 1. The van der Waals surface area contributed by atoms with Crippen LogP contribution in [0.25, 0.3) is 10.9 Å². The highest BCUT2D eigenvalue weighted by Crippen LogP contribution is 2.33. The van der Waals surface area contributed by atoms with E-state index in [1.54, 1.807) is 0 Å². The Morgan fingerprint density at radius 2 is 1.71 bits per heavy atom. The van der Waals surface area contributed by atoms with Gasteiger partial charge in [-0.25, -0.2) is 4.98 Å². The number of aromatic nitrogens is 1. The third-order valence-electron chi connectivity index (χ3n) is 2.51. The average Bonchev–Trinajstić information content (AvgIpc) is 2.34. The van der Waals surface area contributed by atoms with Gasteiger partial charge in [0.2, 0.25) is 0 Å². The summed E-state index contributed by atoms with van der Waals surface area (Å²) >= 11 is 0. The van der Waals surface area contributed by atoms with Crippen molar-refractivity contribution in [3.8, 4) is 5.75 Å². The normalized spacial score (nSPS) is 12.7. The van der Waals surface area contributed by atoms with E-state index in [2.05, 4.69) is 9.72 Å². The summed E-state index contributed by atoms with van der Waals surface area (Å²) in [5.41, 5.74) is 3.99. The van der Waals surface area contributed by atoms with Gasteiger partial charge in [-0.05, 0) is 24.3 Å². The number of pyridine rings is 1. The van der Waals surface area contributed by atoms with E-state index in [0.717, 1.165) is 18.2 Å². The molecule has 2 aromatic rings. The first-order chi connectivity index (χ1) is 9.56. The van der Waals surface area contributed by atoms with Crippen molar-refractivity contribution in [3.63, 3.8) is 0 Å². The van der Waals surface area contributed by atoms with Gasteiger partial charge in [-0.3, -0.25) is 0 Å². The molecule has 0 saturated carbocycles. The number of benzene rings is 1. The predicted molar refractivity (Wildman–Crippen MR) is 62.7 cm³/mol. The Labute approximate surface area is 114 Å². The minimum absolute atomic E-state index is 0.0818. The van der Waals surface area contributed by atoms with Crippen LogP contribution in [0.1, 0.15) is 5.69 Å². The highest BCUT2D eigenvalue weighted by atomic mass is 19.4. The molecule has 0 atom stereocenters. The van der Waals surface area contributed by atoms with Crippen LogP contribution in [0.15, 0.2) is 24.3 Å². The van der Waals surface area contributed by atoms with E-state index in [4.69, 9.17) is 5.73 Å². The Morgan fingerprint density at radius 3 is 2.29 bits per heavy atom. The quantitative estimate of drug-likeness (QED) is 0.859. The van der Waals surface area contributed by atoms with Crippen molar-refractivity contribution in [2.75, 3.05) is 12.3 Å². The summed E-state index contributed by atoms with van der Waals surface area (Å²) in [4.78, 5) is 3.37. The maximum atomic E-state index is 12.6. The number of rotatable bonds is 2. The van der Waals surface area contributed by atoms with Crippen molar-refractivity contribution in [1.29, 1.82) is 0 Å². The van der Waals surface area contributed by atoms with E-state index in [9.17, 15) is 26.3 Å². The van der Waals surface area contributed by atoms with Crippen LogP contribution in [0.5, 0.6) is 5.75 Å². The van der Waals surface area contributed by atoms with Crippen molar-refractivity contribution in [1.82, 2.24) is 4.98 Å². The van der Waals surface area contributed by atoms with Gasteiger partial charge in [-0.15, -0.1) is 0 Å². The molecule has 114 valence electrons. The monoisotopic (exact) mass is 310 g/mol. The number of nitrogen functional groups attached to an aromatic ring is 1. The Balaban J connectivity index is 2.38. The second-order valence-corrected chi connectivity index (χ2v) is 4.18. The van der Waals surface area contributed by atoms with Gasteiger partial charge in [-0.2, -0.15) is 26.3 Å². The molecule has 2 rings (SSSR count). The number of hydrogen-bond donors (Lipinski definition) is 1. The van der Waals surface area contributed by atoms with Crippen LogP contribution >= 0.6 is 0 Å². The molecule has 0 saturated heterocycles. The van der Waals surface area contributed by atoms with Gasteiger partial charge in [0.15, 0.2) is 6.61 Å². The van der Waals surface area contributed by atoms with E-state index in [1.807, 2.05) is 0 Å². The van der Waals surface area contributed by atoms with E-state index in [-0.39, 0.29) is 22.3 Å². The van der Waals surface area contributed by atoms with E-state index < -0.39 is 24.7 Å². The molecule has 0 spiro atoms. The van der Waals surface area contributed by atoms with Crippen molar-refractivity contribution in [2.24, 2.45) is 0 Å². The van der Waals surface area contributed by atoms with Crippen LogP contribution in [0, 0.1) is 0 Å². The summed E-state index contributed by atoms with van der Waals surface area (Å²) in [6.07, 6.45) is -9.17. The zero-order valence-corrected chi connectivity index (χ0v) is 10.2. The second-order valence-electron chi connectivity index (χ2n) is 4.18. The lowest BCUT2D eigenvalue weighted by Gasteiger charge is -2.12. The highest BCUT2D eigenvalue weighted by Gasteiger charge is 2.33. The molecule has 0 unspecified atom stereocenters. The van der Waals surface area contributed by atoms with Gasteiger partial charge < -0.3 is 10.5 Å². The van der Waals surface area contributed by atoms with Gasteiger partial charge in [0, 0.05) is 11.1 Å². The number of fused-ring (bicyclic) bond motifs is 1. The molecular weight excluding hydrogens is 302 g/mol. The standard InChI is InChI=1S/C12H8F6N2O/c13-11(14,15)5-21-6-1-2-9-7(3-6)8(19)4-10(20-9)12(16,17)18/h1-4H,5H2,(H2,19,20). The Morgan fingerprint density at radius 1 is 1.05 bits per heavy atom. The predicted octanol–water partition coefficient (Wildman–Crippen LogP) is 3.78. The summed E-state index contributed by atoms with van der Waals surface area (Å²) in [6.45, 7) is -1.51. The van der Waals surface area contributed by atoms with Gasteiger partial charge in [-0.1, -0.05) is 0 Å². The van der Waals surface area contributed by atoms with Crippen LogP contribution in [0.3, 0.4) is 0 Å². The molecule has 0 amide bonds. The summed E-state index contributed by atoms with van der Waals surface area (Å²) in [7, 11) is 0. The second kappa shape index (κ2) is 4.97. The summed E-state index contributed by atoms with van der Waals surface area (Å²) < 4.78 is 78.3. The van der Waals surface area contributed by atoms with Crippen molar-refractivity contribution >= 4 is 16.6 Å². The third-order valence-corrected chi connectivity index (χ3v) is 2.51. The molecule has 0 aliphatic carbocycles. The molecule has 21 heavy (non-hydrogen) atoms. The van der Waals surface area contributed by atoms with E-state index in [0.29, 0.717) is 6.07 Å². The molecular formula is C12H8F6N2O. The number of ether oxygens (including phenoxy) is 1. The molecule has 9 heteroatoms. The maximum Gasteiger partial charge on any atom is 0.433 e. The van der Waals surface area contributed by atoms with Crippen LogP contribution in [0.2, 0.25) is 0 Å². The maximum absolute atomic E-state index is 12.6. The molecule has 0 radical (unpaired) electrons. The molecule has 1 aromatic heterocycles. The van der Waals surface area contributed by atoms with Crippen molar-refractivity contribution < 1.29 is 31.1 Å². The lowest BCUT2D eigenvalue weighted by molar-refractivity contribution is -0.153. The first kappa shape index (κ1) is 15.2. The third kappa shape index (κ3) is 3.67. The minimum atomic E-state index is -4.66. The number of anilines is 1. The summed E-state index contributed by atoms with van der Waals surface area (Å²) in [5, 5.41) is 0.0858. The van der Waals surface area contributed by atoms with Gasteiger partial charge in [0.05, 0.1) is 5.52 Å². The molecule has 0 bridgehead atoms. The van der Waals surface area contributed by atoms with Gasteiger partial charge in [0.25, 0.3) is 0 Å². The fraction of sp³-hybridized carbons (Fsp3) is 0.250. The zero-order valence-electron chi connectivity index (χ0n) is 10.2. The SMILES string of the molecule is Nc1cc(C(F)(F)F)nc2ccc(OCC(F)(F)F)cc12. The molecule has 2 N–H and O–H groups in total. The zero-order chi connectivity index (χ0) is 15.8. The number of alkyl halides is 6. The molecule has 0 aliphatic rings. The average molecular weight is 310 g/mol. The molecule has 1 heterocycles. The topological polar surface area (TPSA) is 48.1 Å². The van der Waals surface area contributed by atoms with Crippen molar-refractivity contribution in [2.45, 2.75) is 12.4 Å². The first-order valence-electron chi connectivity index (χ1n) is 5.53. The molecule has 1 aromatic carbocycles. The van der Waals surface area contributed by atoms with Crippen LogP contribution in [-0.2, 0) is 6.18 Å². The van der Waals surface area contributed by atoms with Crippen LogP contribution < -0.4 is 10.5 Å². The molecule has 0 fully saturated rings. The van der Waals surface area contributed by atoms with Crippen molar-refractivity contribution in [3.05, 3.63) is 30.0 Å². The fourth-order valence-electron chi connectivity index (χ4n) is 1.63. The highest BCUT2D eigenvalue weighted by molar-refractivity contribution is 5.91. The number of halogens is 6. The Bertz CT molecular complexity index is 665. The lowest BCUT2D eigenvalue weighted by Crippen LogP contribution is -2.19. The van der Waals surface area contributed by atoms with E-state index >= 15 is 0 Å². The summed E-state index contributed by atoms with van der Waals surface area (Å²) in [5.74, 6) is -0.159. The van der Waals surface area contributed by atoms with Crippen LogP contribution in [-0.4, -0.2) is 17.8 Å². The molecule has 3 nitrogen and oxygen atoms in total. The first-order valence-corrected chi connectivity index (χ1v) is 5.53. The molecule has 0 aliphatic heterocycles. The lowest BCUT2D eigenvalue weighted by atomic mass is 10.1. The van der Waals surface area contributed by atoms with E-state index in [1.165, 1.54) is 0 Å². The van der Waals surface area contributed by atoms with Gasteiger partial charge in [0.1, 0.15) is 11.4 Å². The Kier molecular flexibility index (Phi) is 3.60. The number of hydrogen-bond acceptors (Lipinski definition) is 3.